The molecule has 0 amide bonds. The molecule has 0 saturated heterocycles. The summed E-state index contributed by atoms with van der Waals surface area (Å²) in [4.78, 5) is 0.0789. The van der Waals surface area contributed by atoms with Gasteiger partial charge in [-0.3, -0.25) is 0 Å². The van der Waals surface area contributed by atoms with Crippen LogP contribution in [0.15, 0.2) is 29.2 Å². The van der Waals surface area contributed by atoms with E-state index in [4.69, 9.17) is 5.73 Å². The molecule has 6 heteroatoms. The minimum atomic E-state index is -3.61. The number of nitrogens with one attached hydrogen (secondary N) is 1. The molecule has 2 rings (SSSR count). The van der Waals surface area contributed by atoms with Crippen molar-refractivity contribution in [3.05, 3.63) is 30.1 Å². The SMILES string of the molecule is CC1(N)CCC(CNS(=O)(=O)c2ccc(F)cc2)C1(C)C. The van der Waals surface area contributed by atoms with Gasteiger partial charge in [-0.25, -0.2) is 17.5 Å². The van der Waals surface area contributed by atoms with Gasteiger partial charge in [0.1, 0.15) is 5.82 Å². The molecule has 118 valence electrons. The lowest BCUT2D eigenvalue weighted by Gasteiger charge is -2.39. The van der Waals surface area contributed by atoms with Gasteiger partial charge in [-0.05, 0) is 55.4 Å². The van der Waals surface area contributed by atoms with Crippen LogP contribution >= 0.6 is 0 Å². The van der Waals surface area contributed by atoms with Crippen LogP contribution in [0.1, 0.15) is 33.6 Å². The molecule has 1 aliphatic rings. The Bertz CT molecular complexity index is 609. The Morgan fingerprint density at radius 2 is 1.86 bits per heavy atom. The molecule has 4 nitrogen and oxygen atoms in total. The fourth-order valence-corrected chi connectivity index (χ4v) is 3.97. The molecule has 0 aromatic heterocycles. The predicted octanol–water partition coefficient (Wildman–Crippen LogP) is 2.26. The molecule has 1 aliphatic carbocycles. The molecule has 1 fully saturated rings. The van der Waals surface area contributed by atoms with Gasteiger partial charge in [0.2, 0.25) is 10.0 Å². The summed E-state index contributed by atoms with van der Waals surface area (Å²) >= 11 is 0. The molecule has 0 aliphatic heterocycles. The molecular weight excluding hydrogens is 291 g/mol. The maximum atomic E-state index is 12.9. The molecule has 1 saturated carbocycles. The van der Waals surface area contributed by atoms with E-state index in [2.05, 4.69) is 18.6 Å². The summed E-state index contributed by atoms with van der Waals surface area (Å²) in [5.41, 5.74) is 5.86. The van der Waals surface area contributed by atoms with Crippen LogP contribution in [-0.4, -0.2) is 20.5 Å². The van der Waals surface area contributed by atoms with Gasteiger partial charge in [-0.2, -0.15) is 0 Å². The van der Waals surface area contributed by atoms with Crippen LogP contribution in [0.2, 0.25) is 0 Å². The first-order chi connectivity index (χ1) is 9.56. The molecule has 1 aromatic rings. The molecular formula is C15H23FN2O2S. The normalized spacial score (nSPS) is 28.7. The smallest absolute Gasteiger partial charge is 0.240 e. The van der Waals surface area contributed by atoms with Gasteiger partial charge in [0.25, 0.3) is 0 Å². The van der Waals surface area contributed by atoms with E-state index in [0.29, 0.717) is 6.54 Å². The molecule has 2 atom stereocenters. The zero-order valence-corrected chi connectivity index (χ0v) is 13.5. The topological polar surface area (TPSA) is 72.2 Å². The third kappa shape index (κ3) is 3.12. The fourth-order valence-electron chi connectivity index (χ4n) is 2.89. The fraction of sp³-hybridized carbons (Fsp3) is 0.600. The second kappa shape index (κ2) is 5.34. The highest BCUT2D eigenvalue weighted by atomic mass is 32.2. The van der Waals surface area contributed by atoms with E-state index < -0.39 is 15.8 Å². The Morgan fingerprint density at radius 1 is 1.29 bits per heavy atom. The summed E-state index contributed by atoms with van der Waals surface area (Å²) in [5.74, 6) is -0.271. The highest BCUT2D eigenvalue weighted by molar-refractivity contribution is 7.89. The second-order valence-electron chi connectivity index (χ2n) is 6.68. The van der Waals surface area contributed by atoms with Crippen LogP contribution in [0.5, 0.6) is 0 Å². The number of nitrogens with two attached hydrogens (primary N) is 1. The van der Waals surface area contributed by atoms with Crippen LogP contribution in [0.25, 0.3) is 0 Å². The molecule has 3 N–H and O–H groups in total. The minimum absolute atomic E-state index is 0.0789. The van der Waals surface area contributed by atoms with E-state index in [0.717, 1.165) is 25.0 Å². The lowest BCUT2D eigenvalue weighted by Crippen LogP contribution is -2.49. The molecule has 0 radical (unpaired) electrons. The molecule has 21 heavy (non-hydrogen) atoms. The highest BCUT2D eigenvalue weighted by Gasteiger charge is 2.49. The first kappa shape index (κ1) is 16.4. The van der Waals surface area contributed by atoms with Crippen molar-refractivity contribution in [2.24, 2.45) is 17.1 Å². The summed E-state index contributed by atoms with van der Waals surface area (Å²) in [7, 11) is -3.61. The number of hydrogen-bond donors (Lipinski definition) is 2. The van der Waals surface area contributed by atoms with Gasteiger partial charge < -0.3 is 5.73 Å². The average molecular weight is 314 g/mol. The predicted molar refractivity (Wildman–Crippen MR) is 80.7 cm³/mol. The molecule has 0 bridgehead atoms. The van der Waals surface area contributed by atoms with E-state index >= 15 is 0 Å². The molecule has 0 heterocycles. The average Bonchev–Trinajstić information content (AvgIpc) is 2.58. The molecule has 2 unspecified atom stereocenters. The quantitative estimate of drug-likeness (QED) is 0.895. The minimum Gasteiger partial charge on any atom is -0.325 e. The monoisotopic (exact) mass is 314 g/mol. The Morgan fingerprint density at radius 3 is 2.33 bits per heavy atom. The third-order valence-electron chi connectivity index (χ3n) is 5.15. The lowest BCUT2D eigenvalue weighted by molar-refractivity contribution is 0.166. The Hall–Kier alpha value is -0.980. The highest BCUT2D eigenvalue weighted by Crippen LogP contribution is 2.48. The summed E-state index contributed by atoms with van der Waals surface area (Å²) < 4.78 is 39.9. The number of sulfonamides is 1. The van der Waals surface area contributed by atoms with E-state index in [9.17, 15) is 12.8 Å². The Balaban J connectivity index is 2.08. The van der Waals surface area contributed by atoms with Crippen molar-refractivity contribution in [1.29, 1.82) is 0 Å². The summed E-state index contributed by atoms with van der Waals surface area (Å²) in [6, 6.07) is 4.82. The van der Waals surface area contributed by atoms with Gasteiger partial charge in [-0.1, -0.05) is 13.8 Å². The van der Waals surface area contributed by atoms with E-state index in [1.807, 2.05) is 6.92 Å². The van der Waals surface area contributed by atoms with E-state index in [1.54, 1.807) is 0 Å². The van der Waals surface area contributed by atoms with Gasteiger partial charge in [-0.15, -0.1) is 0 Å². The number of halogens is 1. The number of benzene rings is 1. The van der Waals surface area contributed by atoms with Gasteiger partial charge in [0.05, 0.1) is 4.90 Å². The van der Waals surface area contributed by atoms with Crippen LogP contribution in [-0.2, 0) is 10.0 Å². The Kier molecular flexibility index (Phi) is 4.17. The number of rotatable bonds is 4. The van der Waals surface area contributed by atoms with Gasteiger partial charge in [0, 0.05) is 12.1 Å². The molecule has 0 spiro atoms. The number of hydrogen-bond acceptors (Lipinski definition) is 3. The van der Waals surface area contributed by atoms with Crippen molar-refractivity contribution < 1.29 is 12.8 Å². The zero-order valence-electron chi connectivity index (χ0n) is 12.7. The van der Waals surface area contributed by atoms with Crippen molar-refractivity contribution in [3.63, 3.8) is 0 Å². The van der Waals surface area contributed by atoms with Gasteiger partial charge >= 0.3 is 0 Å². The standard InChI is InChI=1S/C15H23FN2O2S/c1-14(2)11(8-9-15(14,3)17)10-18-21(19,20)13-6-4-12(16)5-7-13/h4-7,11,18H,8-10,17H2,1-3H3. The van der Waals surface area contributed by atoms with Crippen molar-refractivity contribution in [2.75, 3.05) is 6.54 Å². The van der Waals surface area contributed by atoms with E-state index in [-0.39, 0.29) is 21.8 Å². The largest absolute Gasteiger partial charge is 0.325 e. The first-order valence-corrected chi connectivity index (χ1v) is 8.59. The maximum Gasteiger partial charge on any atom is 0.240 e. The van der Waals surface area contributed by atoms with Crippen LogP contribution in [0.3, 0.4) is 0 Å². The summed E-state index contributed by atoms with van der Waals surface area (Å²) in [6.45, 7) is 6.52. The van der Waals surface area contributed by atoms with Crippen molar-refractivity contribution in [2.45, 2.75) is 44.0 Å². The van der Waals surface area contributed by atoms with Crippen LogP contribution in [0, 0.1) is 17.2 Å². The lowest BCUT2D eigenvalue weighted by atomic mass is 9.72. The Labute approximate surface area is 126 Å². The molecule has 1 aromatic carbocycles. The van der Waals surface area contributed by atoms with Crippen LogP contribution < -0.4 is 10.5 Å². The summed E-state index contributed by atoms with van der Waals surface area (Å²) in [6.07, 6.45) is 1.77. The summed E-state index contributed by atoms with van der Waals surface area (Å²) in [5, 5.41) is 0. The first-order valence-electron chi connectivity index (χ1n) is 7.10. The van der Waals surface area contributed by atoms with Crippen molar-refractivity contribution in [1.82, 2.24) is 4.72 Å². The van der Waals surface area contributed by atoms with Crippen LogP contribution in [0.4, 0.5) is 4.39 Å². The van der Waals surface area contributed by atoms with Crippen molar-refractivity contribution in [3.8, 4) is 0 Å². The maximum absolute atomic E-state index is 12.9. The van der Waals surface area contributed by atoms with E-state index in [1.165, 1.54) is 12.1 Å². The third-order valence-corrected chi connectivity index (χ3v) is 6.59. The second-order valence-corrected chi connectivity index (χ2v) is 8.45. The van der Waals surface area contributed by atoms with Gasteiger partial charge in [0.15, 0.2) is 0 Å². The zero-order chi connectivity index (χ0) is 15.9. The van der Waals surface area contributed by atoms with Crippen molar-refractivity contribution >= 4 is 10.0 Å².